The fourth-order valence-corrected chi connectivity index (χ4v) is 5.11. The molecule has 0 rings (SSSR count). The number of hydrogen-bond acceptors (Lipinski definition) is 1. The number of hydrogen-bond donors (Lipinski definition) is 1. The number of unbranched alkanes of at least 4 members (excludes halogenated alkanes) is 18. The quantitative estimate of drug-likeness (QED) is 0.0870. The van der Waals surface area contributed by atoms with Gasteiger partial charge in [0.2, 0.25) is 0 Å². The molecule has 2 unspecified atom stereocenters. The Bertz CT molecular complexity index is 456. The summed E-state index contributed by atoms with van der Waals surface area (Å²) in [5, 5.41) is 9.57. The lowest BCUT2D eigenvalue weighted by Gasteiger charge is -2.12. The fourth-order valence-electron chi connectivity index (χ4n) is 5.11. The SMILES string of the molecule is CCCCCCCCCCCCCCC(CCCCCC/C=C\CC(C)CCCCCC)C(=O)O. The minimum Gasteiger partial charge on any atom is -0.481 e. The van der Waals surface area contributed by atoms with E-state index in [0.29, 0.717) is 0 Å². The molecular formula is C33H64O2. The third-order valence-corrected chi connectivity index (χ3v) is 7.68. The smallest absolute Gasteiger partial charge is 0.306 e. The van der Waals surface area contributed by atoms with Gasteiger partial charge in [-0.05, 0) is 38.0 Å². The Morgan fingerprint density at radius 1 is 0.571 bits per heavy atom. The van der Waals surface area contributed by atoms with Crippen LogP contribution in [0.25, 0.3) is 0 Å². The van der Waals surface area contributed by atoms with E-state index in [2.05, 4.69) is 32.9 Å². The lowest BCUT2D eigenvalue weighted by Crippen LogP contribution is -2.13. The fraction of sp³-hybridized carbons (Fsp3) is 0.909. The van der Waals surface area contributed by atoms with Gasteiger partial charge in [0.1, 0.15) is 0 Å². The van der Waals surface area contributed by atoms with E-state index in [1.807, 2.05) is 0 Å². The predicted octanol–water partition coefficient (Wildman–Crippen LogP) is 11.7. The van der Waals surface area contributed by atoms with E-state index in [1.54, 1.807) is 0 Å². The molecule has 1 N–H and O–H groups in total. The summed E-state index contributed by atoms with van der Waals surface area (Å²) in [4.78, 5) is 11.6. The van der Waals surface area contributed by atoms with Gasteiger partial charge in [0.25, 0.3) is 0 Å². The second-order valence-corrected chi connectivity index (χ2v) is 11.4. The Hall–Kier alpha value is -0.790. The van der Waals surface area contributed by atoms with Crippen molar-refractivity contribution in [2.45, 2.75) is 181 Å². The molecule has 0 radical (unpaired) electrons. The van der Waals surface area contributed by atoms with Crippen molar-refractivity contribution in [1.29, 1.82) is 0 Å². The van der Waals surface area contributed by atoms with Crippen LogP contribution in [0.1, 0.15) is 181 Å². The molecule has 2 nitrogen and oxygen atoms in total. The summed E-state index contributed by atoms with van der Waals surface area (Å²) >= 11 is 0. The van der Waals surface area contributed by atoms with E-state index >= 15 is 0 Å². The van der Waals surface area contributed by atoms with Crippen LogP contribution >= 0.6 is 0 Å². The highest BCUT2D eigenvalue weighted by atomic mass is 16.4. The van der Waals surface area contributed by atoms with Gasteiger partial charge in [0.05, 0.1) is 5.92 Å². The van der Waals surface area contributed by atoms with Gasteiger partial charge in [0.15, 0.2) is 0 Å². The summed E-state index contributed by atoms with van der Waals surface area (Å²) < 4.78 is 0. The Morgan fingerprint density at radius 3 is 1.46 bits per heavy atom. The maximum atomic E-state index is 11.6. The van der Waals surface area contributed by atoms with Gasteiger partial charge >= 0.3 is 5.97 Å². The highest BCUT2D eigenvalue weighted by Crippen LogP contribution is 2.20. The van der Waals surface area contributed by atoms with Crippen LogP contribution in [0.3, 0.4) is 0 Å². The molecule has 0 spiro atoms. The van der Waals surface area contributed by atoms with Crippen LogP contribution in [-0.4, -0.2) is 11.1 Å². The molecule has 35 heavy (non-hydrogen) atoms. The highest BCUT2D eigenvalue weighted by Gasteiger charge is 2.16. The van der Waals surface area contributed by atoms with Gasteiger partial charge < -0.3 is 5.11 Å². The average molecular weight is 493 g/mol. The van der Waals surface area contributed by atoms with E-state index in [1.165, 1.54) is 135 Å². The number of rotatable bonds is 28. The molecule has 0 saturated carbocycles. The summed E-state index contributed by atoms with van der Waals surface area (Å²) in [6.07, 6.45) is 36.6. The molecule has 0 aromatic heterocycles. The number of carbonyl (C=O) groups is 1. The first-order chi connectivity index (χ1) is 17.1. The van der Waals surface area contributed by atoms with Crippen molar-refractivity contribution in [3.8, 4) is 0 Å². The van der Waals surface area contributed by atoms with Crippen molar-refractivity contribution in [3.63, 3.8) is 0 Å². The first kappa shape index (κ1) is 34.2. The van der Waals surface area contributed by atoms with Crippen molar-refractivity contribution >= 4 is 5.97 Å². The van der Waals surface area contributed by atoms with Gasteiger partial charge in [-0.15, -0.1) is 0 Å². The molecule has 0 fully saturated rings. The number of allylic oxidation sites excluding steroid dienone is 2. The lowest BCUT2D eigenvalue weighted by atomic mass is 9.94. The molecule has 0 aliphatic rings. The normalized spacial score (nSPS) is 13.5. The third kappa shape index (κ3) is 26.1. The zero-order valence-electron chi connectivity index (χ0n) is 24.3. The molecule has 2 heteroatoms. The molecule has 0 bridgehead atoms. The van der Waals surface area contributed by atoms with Crippen LogP contribution in [-0.2, 0) is 4.79 Å². The van der Waals surface area contributed by atoms with Gasteiger partial charge in [-0.1, -0.05) is 161 Å². The Kier molecular flexibility index (Phi) is 27.2. The maximum absolute atomic E-state index is 11.6. The Balaban J connectivity index is 3.55. The van der Waals surface area contributed by atoms with Crippen LogP contribution in [0.15, 0.2) is 12.2 Å². The van der Waals surface area contributed by atoms with Crippen molar-refractivity contribution in [3.05, 3.63) is 12.2 Å². The molecule has 0 aromatic rings. The van der Waals surface area contributed by atoms with Gasteiger partial charge in [-0.2, -0.15) is 0 Å². The molecule has 0 saturated heterocycles. The number of aliphatic carboxylic acids is 1. The zero-order valence-corrected chi connectivity index (χ0v) is 24.3. The summed E-state index contributed by atoms with van der Waals surface area (Å²) in [7, 11) is 0. The van der Waals surface area contributed by atoms with Crippen molar-refractivity contribution < 1.29 is 9.90 Å². The maximum Gasteiger partial charge on any atom is 0.306 e. The number of carboxylic acids is 1. The van der Waals surface area contributed by atoms with Crippen LogP contribution in [0.2, 0.25) is 0 Å². The molecule has 0 aliphatic carbocycles. The van der Waals surface area contributed by atoms with Crippen molar-refractivity contribution in [2.75, 3.05) is 0 Å². The van der Waals surface area contributed by atoms with E-state index in [4.69, 9.17) is 0 Å². The molecule has 0 aliphatic heterocycles. The van der Waals surface area contributed by atoms with E-state index < -0.39 is 5.97 Å². The standard InChI is InChI=1S/C33H64O2/c1-4-6-8-10-11-12-13-14-15-18-21-25-29-32(33(34)35)30-26-22-19-16-17-20-24-28-31(3)27-23-9-7-5-2/h20,24,31-32H,4-19,21-23,25-30H2,1-3H3,(H,34,35)/b24-20-. The van der Waals surface area contributed by atoms with Crippen LogP contribution < -0.4 is 0 Å². The van der Waals surface area contributed by atoms with Crippen molar-refractivity contribution in [2.24, 2.45) is 11.8 Å². The van der Waals surface area contributed by atoms with E-state index in [0.717, 1.165) is 31.6 Å². The topological polar surface area (TPSA) is 37.3 Å². The molecule has 0 heterocycles. The van der Waals surface area contributed by atoms with Crippen LogP contribution in [0.4, 0.5) is 0 Å². The van der Waals surface area contributed by atoms with Crippen LogP contribution in [0.5, 0.6) is 0 Å². The van der Waals surface area contributed by atoms with Gasteiger partial charge in [0, 0.05) is 0 Å². The average Bonchev–Trinajstić information content (AvgIpc) is 2.84. The predicted molar refractivity (Wildman–Crippen MR) is 156 cm³/mol. The summed E-state index contributed by atoms with van der Waals surface area (Å²) in [5.41, 5.74) is 0. The molecule has 208 valence electrons. The minimum absolute atomic E-state index is 0.114. The summed E-state index contributed by atoms with van der Waals surface area (Å²) in [6.45, 7) is 6.93. The lowest BCUT2D eigenvalue weighted by molar-refractivity contribution is -0.142. The van der Waals surface area contributed by atoms with Gasteiger partial charge in [-0.3, -0.25) is 4.79 Å². The van der Waals surface area contributed by atoms with Crippen LogP contribution in [0, 0.1) is 11.8 Å². The Morgan fingerprint density at radius 2 is 0.971 bits per heavy atom. The second kappa shape index (κ2) is 27.8. The largest absolute Gasteiger partial charge is 0.481 e. The Labute approximate surface area is 221 Å². The molecule has 2 atom stereocenters. The molecular weight excluding hydrogens is 428 g/mol. The van der Waals surface area contributed by atoms with Gasteiger partial charge in [-0.25, -0.2) is 0 Å². The van der Waals surface area contributed by atoms with E-state index in [9.17, 15) is 9.90 Å². The summed E-state index contributed by atoms with van der Waals surface area (Å²) in [5.74, 6) is 0.137. The summed E-state index contributed by atoms with van der Waals surface area (Å²) in [6, 6.07) is 0. The monoisotopic (exact) mass is 492 g/mol. The third-order valence-electron chi connectivity index (χ3n) is 7.68. The first-order valence-corrected chi connectivity index (χ1v) is 16.0. The van der Waals surface area contributed by atoms with E-state index in [-0.39, 0.29) is 5.92 Å². The first-order valence-electron chi connectivity index (χ1n) is 16.0. The number of carboxylic acid groups (broad SMARTS) is 1. The molecule has 0 amide bonds. The second-order valence-electron chi connectivity index (χ2n) is 11.4. The minimum atomic E-state index is -0.570. The zero-order chi connectivity index (χ0) is 25.8. The van der Waals surface area contributed by atoms with Crippen molar-refractivity contribution in [1.82, 2.24) is 0 Å². The molecule has 0 aromatic carbocycles. The highest BCUT2D eigenvalue weighted by molar-refractivity contribution is 5.69.